The number of hydrogen-bond donors (Lipinski definition) is 2. The fraction of sp³-hybridized carbons (Fsp3) is 0.105. The molecule has 0 aliphatic carbocycles. The monoisotopic (exact) mass is 411 g/mol. The Morgan fingerprint density at radius 2 is 1.69 bits per heavy atom. The molecular weight excluding hydrogens is 394 g/mol. The number of aromatic nitrogens is 3. The van der Waals surface area contributed by atoms with Crippen molar-refractivity contribution in [3.63, 3.8) is 0 Å². The summed E-state index contributed by atoms with van der Waals surface area (Å²) in [6.45, 7) is 1.87. The van der Waals surface area contributed by atoms with Crippen LogP contribution in [0.25, 0.3) is 27.9 Å². The molecule has 0 radical (unpaired) electrons. The Kier molecular flexibility index (Phi) is 4.44. The van der Waals surface area contributed by atoms with Crippen LogP contribution < -0.4 is 10.9 Å². The lowest BCUT2D eigenvalue weighted by Crippen LogP contribution is -2.12. The number of primary sulfonamides is 1. The number of fused-ring (bicyclic) bond motifs is 2. The van der Waals surface area contributed by atoms with E-state index >= 15 is 0 Å². The Morgan fingerprint density at radius 3 is 2.28 bits per heavy atom. The van der Waals surface area contributed by atoms with Gasteiger partial charge < -0.3 is 10.5 Å². The van der Waals surface area contributed by atoms with Crippen LogP contribution in [-0.4, -0.2) is 35.5 Å². The molecule has 29 heavy (non-hydrogen) atoms. The summed E-state index contributed by atoms with van der Waals surface area (Å²) in [5.41, 5.74) is 8.79. The van der Waals surface area contributed by atoms with E-state index in [1.165, 1.54) is 28.8 Å². The molecule has 0 aliphatic rings. The minimum Gasteiger partial charge on any atom is -0.462 e. The Hall–Kier alpha value is -3.50. The summed E-state index contributed by atoms with van der Waals surface area (Å²) >= 11 is 0. The van der Waals surface area contributed by atoms with Gasteiger partial charge in [-0.3, -0.25) is 4.57 Å². The van der Waals surface area contributed by atoms with Crippen LogP contribution in [0.1, 0.15) is 17.3 Å². The molecule has 0 saturated carbocycles. The number of ether oxygens (including phenoxy) is 1. The van der Waals surface area contributed by atoms with Crippen molar-refractivity contribution in [1.29, 1.82) is 0 Å². The first-order valence-corrected chi connectivity index (χ1v) is 10.2. The molecule has 2 heterocycles. The topological polar surface area (TPSA) is 143 Å². The minimum absolute atomic E-state index is 0.0431. The lowest BCUT2D eigenvalue weighted by atomic mass is 10.2. The maximum Gasteiger partial charge on any atom is 0.344 e. The molecule has 9 nitrogen and oxygen atoms in total. The molecular formula is C19H17N5O4S. The smallest absolute Gasteiger partial charge is 0.344 e. The largest absolute Gasteiger partial charge is 0.462 e. The van der Waals surface area contributed by atoms with Crippen LogP contribution in [0, 0.1) is 0 Å². The first-order valence-electron chi connectivity index (χ1n) is 8.68. The third-order valence-electron chi connectivity index (χ3n) is 4.40. The van der Waals surface area contributed by atoms with Crippen molar-refractivity contribution in [2.45, 2.75) is 11.8 Å². The molecule has 0 fully saturated rings. The summed E-state index contributed by atoms with van der Waals surface area (Å²) in [6, 6.07) is 13.0. The third kappa shape index (κ3) is 3.18. The fourth-order valence-electron chi connectivity index (χ4n) is 3.11. The van der Waals surface area contributed by atoms with E-state index in [0.29, 0.717) is 27.9 Å². The molecule has 10 heteroatoms. The van der Waals surface area contributed by atoms with Gasteiger partial charge in [0, 0.05) is 5.69 Å². The van der Waals surface area contributed by atoms with Gasteiger partial charge in [0.15, 0.2) is 5.65 Å². The molecule has 148 valence electrons. The van der Waals surface area contributed by atoms with E-state index in [9.17, 15) is 13.2 Å². The third-order valence-corrected chi connectivity index (χ3v) is 5.33. The molecule has 0 atom stereocenters. The van der Waals surface area contributed by atoms with Gasteiger partial charge in [-0.2, -0.15) is 0 Å². The van der Waals surface area contributed by atoms with Gasteiger partial charge in [0.2, 0.25) is 10.0 Å². The van der Waals surface area contributed by atoms with Gasteiger partial charge in [-0.1, -0.05) is 12.1 Å². The number of anilines is 1. The fourth-order valence-corrected chi connectivity index (χ4v) is 3.63. The second-order valence-electron chi connectivity index (χ2n) is 6.24. The van der Waals surface area contributed by atoms with Gasteiger partial charge in [-0.25, -0.2) is 28.3 Å². The van der Waals surface area contributed by atoms with E-state index in [-0.39, 0.29) is 22.9 Å². The van der Waals surface area contributed by atoms with Crippen LogP contribution in [-0.2, 0) is 14.8 Å². The highest BCUT2D eigenvalue weighted by atomic mass is 32.2. The van der Waals surface area contributed by atoms with Gasteiger partial charge in [0.25, 0.3) is 0 Å². The van der Waals surface area contributed by atoms with Crippen molar-refractivity contribution in [3.8, 4) is 5.69 Å². The summed E-state index contributed by atoms with van der Waals surface area (Å²) < 4.78 is 29.8. The molecule has 4 N–H and O–H groups in total. The zero-order chi connectivity index (χ0) is 20.8. The van der Waals surface area contributed by atoms with Crippen LogP contribution in [0.5, 0.6) is 0 Å². The van der Waals surface area contributed by atoms with E-state index in [1.54, 1.807) is 19.1 Å². The van der Waals surface area contributed by atoms with Crippen molar-refractivity contribution in [2.24, 2.45) is 5.14 Å². The lowest BCUT2D eigenvalue weighted by Gasteiger charge is -2.08. The van der Waals surface area contributed by atoms with Crippen LogP contribution >= 0.6 is 0 Å². The Balaban J connectivity index is 2.03. The van der Waals surface area contributed by atoms with Crippen LogP contribution in [0.3, 0.4) is 0 Å². The van der Waals surface area contributed by atoms with E-state index in [4.69, 9.17) is 15.6 Å². The number of para-hydroxylation sites is 2. The quantitative estimate of drug-likeness (QED) is 0.489. The number of rotatable bonds is 4. The van der Waals surface area contributed by atoms with Crippen LogP contribution in [0.15, 0.2) is 53.4 Å². The number of esters is 1. The second kappa shape index (κ2) is 6.83. The molecule has 0 amide bonds. The maximum atomic E-state index is 12.6. The Bertz CT molecular complexity index is 1360. The molecule has 0 saturated heterocycles. The first kappa shape index (κ1) is 18.8. The predicted molar refractivity (Wildman–Crippen MR) is 108 cm³/mol. The van der Waals surface area contributed by atoms with Gasteiger partial charge in [0.05, 0.1) is 22.5 Å². The first-order chi connectivity index (χ1) is 13.8. The van der Waals surface area contributed by atoms with Gasteiger partial charge in [-0.05, 0) is 43.3 Å². The van der Waals surface area contributed by atoms with Crippen molar-refractivity contribution < 1.29 is 17.9 Å². The molecule has 4 rings (SSSR count). The number of nitrogens with two attached hydrogens (primary N) is 2. The highest BCUT2D eigenvalue weighted by Gasteiger charge is 2.25. The molecule has 2 aromatic heterocycles. The standard InChI is InChI=1S/C19H17N5O4S/c1-2-28-19(25)15-16-18(23-14-6-4-3-5-13(14)22-16)24(17(15)20)11-7-9-12(10-8-11)29(21,26)27/h3-10H,2,20H2,1H3,(H2,21,26,27). The number of sulfonamides is 1. The molecule has 0 aliphatic heterocycles. The number of carbonyl (C=O) groups excluding carboxylic acids is 1. The number of benzene rings is 2. The van der Waals surface area contributed by atoms with E-state index in [2.05, 4.69) is 9.97 Å². The van der Waals surface area contributed by atoms with E-state index in [1.807, 2.05) is 12.1 Å². The molecule has 2 aromatic carbocycles. The van der Waals surface area contributed by atoms with Gasteiger partial charge in [0.1, 0.15) is 16.9 Å². The number of nitrogen functional groups attached to an aromatic ring is 1. The summed E-state index contributed by atoms with van der Waals surface area (Å²) in [5.74, 6) is -0.517. The van der Waals surface area contributed by atoms with Crippen LogP contribution in [0.4, 0.5) is 5.82 Å². The summed E-state index contributed by atoms with van der Waals surface area (Å²) in [7, 11) is -3.84. The highest BCUT2D eigenvalue weighted by molar-refractivity contribution is 7.89. The Labute approximate surface area is 166 Å². The predicted octanol–water partition coefficient (Wildman–Crippen LogP) is 1.98. The Morgan fingerprint density at radius 1 is 1.07 bits per heavy atom. The average molecular weight is 411 g/mol. The van der Waals surface area contributed by atoms with Crippen molar-refractivity contribution >= 4 is 44.0 Å². The zero-order valence-corrected chi connectivity index (χ0v) is 16.2. The molecule has 4 aromatic rings. The highest BCUT2D eigenvalue weighted by Crippen LogP contribution is 2.31. The summed E-state index contributed by atoms with van der Waals surface area (Å²) in [5, 5.41) is 5.16. The maximum absolute atomic E-state index is 12.6. The molecule has 0 bridgehead atoms. The van der Waals surface area contributed by atoms with E-state index in [0.717, 1.165) is 0 Å². The average Bonchev–Trinajstić information content (AvgIpc) is 2.96. The summed E-state index contributed by atoms with van der Waals surface area (Å²) in [4.78, 5) is 21.7. The molecule has 0 unspecified atom stereocenters. The van der Waals surface area contributed by atoms with Gasteiger partial charge in [-0.15, -0.1) is 0 Å². The summed E-state index contributed by atoms with van der Waals surface area (Å²) in [6.07, 6.45) is 0. The zero-order valence-electron chi connectivity index (χ0n) is 15.4. The van der Waals surface area contributed by atoms with Crippen molar-refractivity contribution in [3.05, 3.63) is 54.1 Å². The van der Waals surface area contributed by atoms with Crippen LogP contribution in [0.2, 0.25) is 0 Å². The minimum atomic E-state index is -3.84. The number of nitrogens with zero attached hydrogens (tertiary/aromatic N) is 3. The normalized spacial score (nSPS) is 11.8. The molecule has 0 spiro atoms. The number of hydrogen-bond acceptors (Lipinski definition) is 7. The number of carbonyl (C=O) groups is 1. The van der Waals surface area contributed by atoms with E-state index < -0.39 is 16.0 Å². The SMILES string of the molecule is CCOC(=O)c1c(N)n(-c2ccc(S(N)(=O)=O)cc2)c2nc3ccccc3nc12. The van der Waals surface area contributed by atoms with Crippen molar-refractivity contribution in [2.75, 3.05) is 12.3 Å². The second-order valence-corrected chi connectivity index (χ2v) is 7.80. The van der Waals surface area contributed by atoms with Gasteiger partial charge >= 0.3 is 5.97 Å². The van der Waals surface area contributed by atoms with Crippen molar-refractivity contribution in [1.82, 2.24) is 14.5 Å². The lowest BCUT2D eigenvalue weighted by molar-refractivity contribution is 0.0529.